The molecule has 0 radical (unpaired) electrons. The molecular formula is C19H19F3N4O3. The van der Waals surface area contributed by atoms with Crippen LogP contribution < -0.4 is 20.5 Å². The van der Waals surface area contributed by atoms with Crippen LogP contribution in [-0.2, 0) is 11.2 Å². The number of hydrogen-bond acceptors (Lipinski definition) is 6. The molecule has 2 aromatic rings. The number of halogens is 3. The molecule has 10 heteroatoms. The molecule has 2 heterocycles. The van der Waals surface area contributed by atoms with E-state index in [4.69, 9.17) is 15.2 Å². The second-order valence-corrected chi connectivity index (χ2v) is 7.01. The third-order valence-corrected chi connectivity index (χ3v) is 4.02. The molecule has 7 nitrogen and oxygen atoms in total. The number of fused-ring (bicyclic) bond motifs is 1. The van der Waals surface area contributed by atoms with Gasteiger partial charge in [0.05, 0.1) is 11.3 Å². The largest absolute Gasteiger partial charge is 0.487 e. The maximum atomic E-state index is 12.7. The Labute approximate surface area is 164 Å². The van der Waals surface area contributed by atoms with Gasteiger partial charge in [-0.1, -0.05) is 0 Å². The van der Waals surface area contributed by atoms with Gasteiger partial charge in [0, 0.05) is 36.6 Å². The summed E-state index contributed by atoms with van der Waals surface area (Å²) >= 11 is 0. The minimum absolute atomic E-state index is 0.0375. The van der Waals surface area contributed by atoms with Gasteiger partial charge < -0.3 is 20.5 Å². The van der Waals surface area contributed by atoms with E-state index in [2.05, 4.69) is 15.3 Å². The van der Waals surface area contributed by atoms with Crippen LogP contribution in [0.5, 0.6) is 11.5 Å². The monoisotopic (exact) mass is 408 g/mol. The van der Waals surface area contributed by atoms with Crippen LogP contribution in [0.25, 0.3) is 5.57 Å². The summed E-state index contributed by atoms with van der Waals surface area (Å²) in [4.78, 5) is 20.6. The zero-order chi connectivity index (χ0) is 21.2. The number of rotatable bonds is 5. The standard InChI is InChI=1S/C19H19F3N4O3/c1-18(2)8-11-6-13(15(7-14(11)29-18)28-10-19(20,21)22)26-17(27)12(9-23)16-24-4-3-5-25-16/h3-7,9H,8,10,23H2,1-2H3,(H,26,27)/b12-9+. The summed E-state index contributed by atoms with van der Waals surface area (Å²) in [7, 11) is 0. The third kappa shape index (κ3) is 4.95. The number of ether oxygens (including phenoxy) is 2. The van der Waals surface area contributed by atoms with Crippen molar-refractivity contribution in [1.82, 2.24) is 9.97 Å². The molecule has 3 rings (SSSR count). The molecule has 0 unspecified atom stereocenters. The average Bonchev–Trinajstić information content (AvgIpc) is 2.93. The number of carbonyl (C=O) groups is 1. The quantitative estimate of drug-likeness (QED) is 0.738. The van der Waals surface area contributed by atoms with E-state index in [1.54, 1.807) is 6.07 Å². The van der Waals surface area contributed by atoms with Crippen LogP contribution in [-0.4, -0.2) is 34.3 Å². The average molecular weight is 408 g/mol. The van der Waals surface area contributed by atoms with E-state index >= 15 is 0 Å². The Morgan fingerprint density at radius 1 is 1.34 bits per heavy atom. The number of carbonyl (C=O) groups excluding carboxylic acids is 1. The van der Waals surface area contributed by atoms with Crippen LogP contribution >= 0.6 is 0 Å². The Balaban J connectivity index is 1.91. The Morgan fingerprint density at radius 3 is 2.66 bits per heavy atom. The van der Waals surface area contributed by atoms with Crippen LogP contribution in [0.2, 0.25) is 0 Å². The Bertz CT molecular complexity index is 944. The first kappa shape index (κ1) is 20.4. The van der Waals surface area contributed by atoms with Crippen molar-refractivity contribution in [2.24, 2.45) is 5.73 Å². The van der Waals surface area contributed by atoms with Crippen molar-refractivity contribution in [3.63, 3.8) is 0 Å². The summed E-state index contributed by atoms with van der Waals surface area (Å²) in [5.41, 5.74) is 5.78. The van der Waals surface area contributed by atoms with E-state index in [0.29, 0.717) is 12.2 Å². The predicted octanol–water partition coefficient (Wildman–Crippen LogP) is 3.07. The minimum Gasteiger partial charge on any atom is -0.487 e. The number of alkyl halides is 3. The SMILES string of the molecule is CC1(C)Cc2cc(NC(=O)/C(=C/N)c3ncccn3)c(OCC(F)(F)F)cc2O1. The van der Waals surface area contributed by atoms with Crippen molar-refractivity contribution in [2.75, 3.05) is 11.9 Å². The molecule has 0 saturated heterocycles. The van der Waals surface area contributed by atoms with Gasteiger partial charge in [-0.2, -0.15) is 13.2 Å². The number of amides is 1. The zero-order valence-electron chi connectivity index (χ0n) is 15.7. The van der Waals surface area contributed by atoms with E-state index in [1.807, 2.05) is 13.8 Å². The Morgan fingerprint density at radius 2 is 2.03 bits per heavy atom. The fraction of sp³-hybridized carbons (Fsp3) is 0.316. The highest BCUT2D eigenvalue weighted by molar-refractivity contribution is 6.24. The number of nitrogens with one attached hydrogen (secondary N) is 1. The van der Waals surface area contributed by atoms with Gasteiger partial charge in [0.1, 0.15) is 17.1 Å². The maximum Gasteiger partial charge on any atom is 0.422 e. The second kappa shape index (κ2) is 7.61. The summed E-state index contributed by atoms with van der Waals surface area (Å²) in [5, 5.41) is 2.54. The van der Waals surface area contributed by atoms with Crippen molar-refractivity contribution in [2.45, 2.75) is 32.0 Å². The molecule has 1 amide bonds. The lowest BCUT2D eigenvalue weighted by Crippen LogP contribution is -2.24. The van der Waals surface area contributed by atoms with Gasteiger partial charge in [-0.05, 0) is 26.0 Å². The van der Waals surface area contributed by atoms with Gasteiger partial charge in [0.25, 0.3) is 5.91 Å². The third-order valence-electron chi connectivity index (χ3n) is 4.02. The topological polar surface area (TPSA) is 99.4 Å². The summed E-state index contributed by atoms with van der Waals surface area (Å²) in [6.45, 7) is 2.19. The second-order valence-electron chi connectivity index (χ2n) is 7.01. The van der Waals surface area contributed by atoms with E-state index < -0.39 is 24.3 Å². The number of nitrogens with zero attached hydrogens (tertiary/aromatic N) is 2. The molecule has 0 fully saturated rings. The molecule has 3 N–H and O–H groups in total. The van der Waals surface area contributed by atoms with E-state index in [9.17, 15) is 18.0 Å². The molecular weight excluding hydrogens is 389 g/mol. The first-order valence-corrected chi connectivity index (χ1v) is 8.64. The van der Waals surface area contributed by atoms with Gasteiger partial charge in [-0.25, -0.2) is 9.97 Å². The maximum absolute atomic E-state index is 12.7. The lowest BCUT2D eigenvalue weighted by molar-refractivity contribution is -0.153. The molecule has 29 heavy (non-hydrogen) atoms. The highest BCUT2D eigenvalue weighted by Crippen LogP contribution is 2.42. The molecule has 1 aliphatic heterocycles. The molecule has 0 bridgehead atoms. The van der Waals surface area contributed by atoms with Crippen LogP contribution in [0.3, 0.4) is 0 Å². The number of aromatic nitrogens is 2. The Hall–Kier alpha value is -3.30. The van der Waals surface area contributed by atoms with Gasteiger partial charge in [-0.15, -0.1) is 0 Å². The number of benzene rings is 1. The number of hydrogen-bond donors (Lipinski definition) is 2. The van der Waals surface area contributed by atoms with Crippen LogP contribution in [0.15, 0.2) is 36.8 Å². The summed E-state index contributed by atoms with van der Waals surface area (Å²) in [6, 6.07) is 4.45. The first-order valence-electron chi connectivity index (χ1n) is 8.64. The lowest BCUT2D eigenvalue weighted by Gasteiger charge is -2.17. The van der Waals surface area contributed by atoms with Crippen molar-refractivity contribution in [3.8, 4) is 11.5 Å². The molecule has 1 aliphatic rings. The molecule has 154 valence electrons. The van der Waals surface area contributed by atoms with Crippen LogP contribution in [0, 0.1) is 0 Å². The fourth-order valence-corrected chi connectivity index (χ4v) is 2.89. The molecule has 0 spiro atoms. The smallest absolute Gasteiger partial charge is 0.422 e. The summed E-state index contributed by atoms with van der Waals surface area (Å²) < 4.78 is 48.6. The van der Waals surface area contributed by atoms with Crippen LogP contribution in [0.4, 0.5) is 18.9 Å². The van der Waals surface area contributed by atoms with Crippen LogP contribution in [0.1, 0.15) is 25.2 Å². The minimum atomic E-state index is -4.54. The fourth-order valence-electron chi connectivity index (χ4n) is 2.89. The number of anilines is 1. The highest BCUT2D eigenvalue weighted by atomic mass is 19.4. The lowest BCUT2D eigenvalue weighted by atomic mass is 10.0. The molecule has 1 aromatic heterocycles. The Kier molecular flexibility index (Phi) is 5.36. The summed E-state index contributed by atoms with van der Waals surface area (Å²) in [6.07, 6.45) is -0.120. The molecule has 1 aromatic carbocycles. The number of nitrogens with two attached hydrogens (primary N) is 1. The van der Waals surface area contributed by atoms with E-state index in [1.165, 1.54) is 24.5 Å². The first-order chi connectivity index (χ1) is 13.6. The van der Waals surface area contributed by atoms with E-state index in [0.717, 1.165) is 11.8 Å². The molecule has 0 atom stereocenters. The molecule has 0 saturated carbocycles. The van der Waals surface area contributed by atoms with Gasteiger partial charge >= 0.3 is 6.18 Å². The van der Waals surface area contributed by atoms with Crippen molar-refractivity contribution < 1.29 is 27.4 Å². The molecule has 0 aliphatic carbocycles. The van der Waals surface area contributed by atoms with Crippen molar-refractivity contribution >= 4 is 17.2 Å². The van der Waals surface area contributed by atoms with Crippen molar-refractivity contribution in [1.29, 1.82) is 0 Å². The normalized spacial score (nSPS) is 15.4. The van der Waals surface area contributed by atoms with Gasteiger partial charge in [-0.3, -0.25) is 4.79 Å². The summed E-state index contributed by atoms with van der Waals surface area (Å²) in [5.74, 6) is -0.367. The van der Waals surface area contributed by atoms with Crippen molar-refractivity contribution in [3.05, 3.63) is 48.2 Å². The van der Waals surface area contributed by atoms with Gasteiger partial charge in [0.2, 0.25) is 0 Å². The zero-order valence-corrected chi connectivity index (χ0v) is 15.7. The predicted molar refractivity (Wildman–Crippen MR) is 99.2 cm³/mol. The van der Waals surface area contributed by atoms with E-state index in [-0.39, 0.29) is 22.8 Å². The highest BCUT2D eigenvalue weighted by Gasteiger charge is 2.33. The van der Waals surface area contributed by atoms with Gasteiger partial charge in [0.15, 0.2) is 12.4 Å².